The second-order valence-corrected chi connectivity index (χ2v) is 5.78. The standard InChI is InChI=1S/C21H22FNO2.K/c1-2-3-6-10-19-16-23-21(25-19)20(24)11-8-5-4-7-9-17-12-14-18(22)15-13-17;/h1-3,6,10,12-16H,4-5,7-9,11H2;/q-2;+1/b6-3-;. The number of rotatable bonds is 11. The molecule has 5 heteroatoms. The van der Waals surface area contributed by atoms with Crippen LogP contribution < -0.4 is 51.4 Å². The Balaban J connectivity index is 0.00000338. The van der Waals surface area contributed by atoms with Crippen molar-refractivity contribution >= 4 is 5.78 Å². The Morgan fingerprint density at radius 1 is 1.19 bits per heavy atom. The molecule has 2 aromatic rings. The number of Topliss-reactive ketones (excluding diaryl/α,β-unsaturated/α-hetero) is 1. The SMILES string of the molecule is [CH-]=C/C=C\[CH-]c1cnc(C(=O)CCCCCCc2ccc(F)cc2)o1.[K+]. The topological polar surface area (TPSA) is 43.1 Å². The molecule has 1 aromatic heterocycles. The van der Waals surface area contributed by atoms with Crippen molar-refractivity contribution in [1.29, 1.82) is 0 Å². The number of carbonyl (C=O) groups is 1. The largest absolute Gasteiger partial charge is 1.00 e. The molecule has 0 radical (unpaired) electrons. The van der Waals surface area contributed by atoms with Gasteiger partial charge in [0.1, 0.15) is 5.82 Å². The summed E-state index contributed by atoms with van der Waals surface area (Å²) < 4.78 is 18.2. The van der Waals surface area contributed by atoms with Crippen LogP contribution in [0.15, 0.2) is 53.1 Å². The van der Waals surface area contributed by atoms with Gasteiger partial charge >= 0.3 is 51.4 Å². The number of hydrogen-bond donors (Lipinski definition) is 0. The van der Waals surface area contributed by atoms with E-state index < -0.39 is 0 Å². The average molecular weight is 379 g/mol. The molecule has 0 aliphatic rings. The first kappa shape index (κ1) is 23.1. The van der Waals surface area contributed by atoms with Crippen molar-refractivity contribution in [2.45, 2.75) is 38.5 Å². The van der Waals surface area contributed by atoms with E-state index in [1.807, 2.05) is 12.1 Å². The van der Waals surface area contributed by atoms with Crippen LogP contribution in [-0.4, -0.2) is 10.8 Å². The Morgan fingerprint density at radius 3 is 2.65 bits per heavy atom. The number of aromatic nitrogens is 1. The molecule has 0 saturated heterocycles. The average Bonchev–Trinajstić information content (AvgIpc) is 3.08. The van der Waals surface area contributed by atoms with E-state index in [9.17, 15) is 9.18 Å². The number of hydrogen-bond acceptors (Lipinski definition) is 3. The number of benzene rings is 1. The van der Waals surface area contributed by atoms with Crippen LogP contribution in [0.2, 0.25) is 0 Å². The zero-order valence-electron chi connectivity index (χ0n) is 15.2. The van der Waals surface area contributed by atoms with E-state index in [-0.39, 0.29) is 68.9 Å². The summed E-state index contributed by atoms with van der Waals surface area (Å²) in [5, 5.41) is 0. The molecule has 0 unspecified atom stereocenters. The molecule has 0 spiro atoms. The maximum atomic E-state index is 12.8. The van der Waals surface area contributed by atoms with Crippen LogP contribution in [-0.2, 0) is 6.42 Å². The number of oxazole rings is 1. The first-order valence-electron chi connectivity index (χ1n) is 8.47. The maximum Gasteiger partial charge on any atom is 1.00 e. The van der Waals surface area contributed by atoms with Gasteiger partial charge in [0.05, 0.1) is 0 Å². The zero-order chi connectivity index (χ0) is 17.9. The van der Waals surface area contributed by atoms with Crippen LogP contribution in [0.5, 0.6) is 0 Å². The molecule has 0 aliphatic heterocycles. The third-order valence-electron chi connectivity index (χ3n) is 3.78. The first-order chi connectivity index (χ1) is 12.2. The van der Waals surface area contributed by atoms with Gasteiger partial charge in [-0.05, 0) is 43.2 Å². The molecule has 3 nitrogen and oxygen atoms in total. The Hall–Kier alpha value is -0.984. The Labute approximate surface area is 197 Å². The summed E-state index contributed by atoms with van der Waals surface area (Å²) in [6, 6.07) is 6.60. The smallest absolute Gasteiger partial charge is 0.462 e. The monoisotopic (exact) mass is 378 g/mol. The maximum absolute atomic E-state index is 12.8. The molecule has 0 N–H and O–H groups in total. The third kappa shape index (κ3) is 8.60. The van der Waals surface area contributed by atoms with E-state index in [4.69, 9.17) is 11.0 Å². The van der Waals surface area contributed by atoms with Crippen molar-refractivity contribution in [2.24, 2.45) is 0 Å². The third-order valence-corrected chi connectivity index (χ3v) is 3.78. The fraction of sp³-hybridized carbons (Fsp3) is 0.286. The van der Waals surface area contributed by atoms with Crippen molar-refractivity contribution in [2.75, 3.05) is 0 Å². The molecule has 2 rings (SSSR count). The minimum atomic E-state index is -0.205. The van der Waals surface area contributed by atoms with E-state index >= 15 is 0 Å². The van der Waals surface area contributed by atoms with Gasteiger partial charge in [0.15, 0.2) is 0 Å². The van der Waals surface area contributed by atoms with Crippen LogP contribution in [0, 0.1) is 18.8 Å². The Bertz CT molecular complexity index is 707. The fourth-order valence-electron chi connectivity index (χ4n) is 2.43. The summed E-state index contributed by atoms with van der Waals surface area (Å²) in [5.74, 6) is 0.402. The molecule has 0 fully saturated rings. The van der Waals surface area contributed by atoms with Gasteiger partial charge in [0.2, 0.25) is 11.7 Å². The van der Waals surface area contributed by atoms with E-state index in [0.717, 1.165) is 37.7 Å². The number of ketones is 1. The predicted molar refractivity (Wildman–Crippen MR) is 95.4 cm³/mol. The van der Waals surface area contributed by atoms with Gasteiger partial charge < -0.3 is 4.42 Å². The summed E-state index contributed by atoms with van der Waals surface area (Å²) >= 11 is 0. The number of allylic oxidation sites excluding steroid dienone is 3. The van der Waals surface area contributed by atoms with Gasteiger partial charge in [-0.3, -0.25) is 16.4 Å². The van der Waals surface area contributed by atoms with Gasteiger partial charge in [0.25, 0.3) is 0 Å². The zero-order valence-corrected chi connectivity index (χ0v) is 18.3. The van der Waals surface area contributed by atoms with E-state index in [2.05, 4.69) is 4.98 Å². The molecular weight excluding hydrogens is 356 g/mol. The summed E-state index contributed by atoms with van der Waals surface area (Å²) in [7, 11) is 0. The molecule has 26 heavy (non-hydrogen) atoms. The molecule has 0 bridgehead atoms. The molecular formula is C21H22FKNO2-. The van der Waals surface area contributed by atoms with Crippen molar-refractivity contribution < 1.29 is 65.0 Å². The first-order valence-corrected chi connectivity index (χ1v) is 8.47. The van der Waals surface area contributed by atoms with Gasteiger partial charge in [-0.1, -0.05) is 25.0 Å². The molecule has 1 aromatic carbocycles. The summed E-state index contributed by atoms with van der Waals surface area (Å²) in [6.45, 7) is 5.23. The number of nitrogens with zero attached hydrogens (tertiary/aromatic N) is 1. The molecule has 0 atom stereocenters. The number of aryl methyl sites for hydroxylation is 1. The van der Waals surface area contributed by atoms with Crippen LogP contribution >= 0.6 is 0 Å². The fourth-order valence-corrected chi connectivity index (χ4v) is 2.43. The van der Waals surface area contributed by atoms with Crippen LogP contribution in [0.4, 0.5) is 4.39 Å². The summed E-state index contributed by atoms with van der Waals surface area (Å²) in [4.78, 5) is 16.0. The molecule has 132 valence electrons. The van der Waals surface area contributed by atoms with E-state index in [0.29, 0.717) is 12.2 Å². The van der Waals surface area contributed by atoms with Gasteiger partial charge in [0, 0.05) is 12.2 Å². The van der Waals surface area contributed by atoms with Gasteiger partial charge in [-0.2, -0.15) is 12.2 Å². The van der Waals surface area contributed by atoms with Crippen LogP contribution in [0.3, 0.4) is 0 Å². The quantitative estimate of drug-likeness (QED) is 0.198. The summed E-state index contributed by atoms with van der Waals surface area (Å²) in [6.07, 6.45) is 13.2. The number of carbonyl (C=O) groups excluding carboxylic acids is 1. The molecule has 0 saturated carbocycles. The second-order valence-electron chi connectivity index (χ2n) is 5.78. The second kappa shape index (κ2) is 13.2. The van der Waals surface area contributed by atoms with Crippen LogP contribution in [0.25, 0.3) is 0 Å². The summed E-state index contributed by atoms with van der Waals surface area (Å²) in [5.41, 5.74) is 1.14. The normalized spacial score (nSPS) is 10.5. The van der Waals surface area contributed by atoms with E-state index in [1.165, 1.54) is 24.4 Å². The van der Waals surface area contributed by atoms with Crippen molar-refractivity contribution in [3.63, 3.8) is 0 Å². The van der Waals surface area contributed by atoms with Crippen LogP contribution in [0.1, 0.15) is 54.1 Å². The number of unbranched alkanes of at least 4 members (excludes halogenated alkanes) is 3. The Morgan fingerprint density at radius 2 is 1.92 bits per heavy atom. The number of halogens is 1. The minimum Gasteiger partial charge on any atom is -0.462 e. The molecule has 1 heterocycles. The van der Waals surface area contributed by atoms with Gasteiger partial charge in [-0.15, -0.1) is 6.42 Å². The minimum absolute atomic E-state index is 0. The predicted octanol–water partition coefficient (Wildman–Crippen LogP) is 2.29. The molecule has 0 amide bonds. The van der Waals surface area contributed by atoms with E-state index in [1.54, 1.807) is 18.6 Å². The van der Waals surface area contributed by atoms with Crippen molar-refractivity contribution in [1.82, 2.24) is 4.98 Å². The molecule has 0 aliphatic carbocycles. The Kier molecular flexibility index (Phi) is 11.7. The van der Waals surface area contributed by atoms with Crippen molar-refractivity contribution in [3.8, 4) is 0 Å². The van der Waals surface area contributed by atoms with Gasteiger partial charge in [-0.25, -0.2) is 10.5 Å². The van der Waals surface area contributed by atoms with Crippen molar-refractivity contribution in [3.05, 3.63) is 84.7 Å².